The smallest absolute Gasteiger partial charge is 0.230 e. The Morgan fingerprint density at radius 2 is 2.20 bits per heavy atom. The molecule has 2 aromatic rings. The molecule has 1 aromatic heterocycles. The summed E-state index contributed by atoms with van der Waals surface area (Å²) >= 11 is 1.37. The molecule has 1 saturated heterocycles. The molecule has 1 aliphatic rings. The normalized spacial score (nSPS) is 16.6. The van der Waals surface area contributed by atoms with Crippen LogP contribution in [0.4, 0.5) is 0 Å². The summed E-state index contributed by atoms with van der Waals surface area (Å²) in [5.41, 5.74) is 1.63. The highest BCUT2D eigenvalue weighted by atomic mass is 32.2. The van der Waals surface area contributed by atoms with Crippen molar-refractivity contribution < 1.29 is 14.3 Å². The first-order chi connectivity index (χ1) is 12.3. The zero-order valence-corrected chi connectivity index (χ0v) is 14.9. The molecule has 1 amide bonds. The van der Waals surface area contributed by atoms with Crippen LogP contribution in [0.5, 0.6) is 5.75 Å². The van der Waals surface area contributed by atoms with Gasteiger partial charge in [-0.25, -0.2) is 0 Å². The van der Waals surface area contributed by atoms with Crippen LogP contribution in [0.25, 0.3) is 11.3 Å². The first-order valence-electron chi connectivity index (χ1n) is 8.24. The van der Waals surface area contributed by atoms with Gasteiger partial charge < -0.3 is 14.8 Å². The van der Waals surface area contributed by atoms with E-state index < -0.39 is 0 Å². The van der Waals surface area contributed by atoms with E-state index in [1.54, 1.807) is 7.11 Å². The molecule has 1 fully saturated rings. The van der Waals surface area contributed by atoms with Crippen molar-refractivity contribution >= 4 is 17.7 Å². The third kappa shape index (κ3) is 4.93. The van der Waals surface area contributed by atoms with Gasteiger partial charge in [-0.05, 0) is 37.1 Å². The van der Waals surface area contributed by atoms with Gasteiger partial charge in [-0.2, -0.15) is 0 Å². The monoisotopic (exact) mass is 359 g/mol. The number of hydrogen-bond donors (Lipinski definition) is 1. The summed E-state index contributed by atoms with van der Waals surface area (Å²) in [6, 6.07) is 11.4. The van der Waals surface area contributed by atoms with Gasteiger partial charge in [-0.3, -0.25) is 4.79 Å². The minimum Gasteiger partial charge on any atom is -0.496 e. The lowest BCUT2D eigenvalue weighted by molar-refractivity contribution is -0.119. The van der Waals surface area contributed by atoms with Gasteiger partial charge >= 0.3 is 0 Å². The predicted octanol–water partition coefficient (Wildman–Crippen LogP) is 2.54. The number of nitrogens with one attached hydrogen (secondary N) is 1. The summed E-state index contributed by atoms with van der Waals surface area (Å²) in [6.07, 6.45) is 2.25. The van der Waals surface area contributed by atoms with E-state index >= 15 is 0 Å². The average Bonchev–Trinajstić information content (AvgIpc) is 3.19. The Balaban J connectivity index is 1.51. The lowest BCUT2D eigenvalue weighted by Gasteiger charge is -2.10. The maximum Gasteiger partial charge on any atom is 0.230 e. The first-order valence-corrected chi connectivity index (χ1v) is 9.23. The number of amides is 1. The number of hydrogen-bond acceptors (Lipinski definition) is 6. The van der Waals surface area contributed by atoms with Gasteiger partial charge in [0.2, 0.25) is 5.91 Å². The van der Waals surface area contributed by atoms with Crippen LogP contribution in [0, 0.1) is 0 Å². The molecule has 1 N–H and O–H groups in total. The van der Waals surface area contributed by atoms with Crippen LogP contribution in [0.2, 0.25) is 0 Å². The van der Waals surface area contributed by atoms with Crippen molar-refractivity contribution in [3.8, 4) is 17.0 Å². The molecule has 1 aromatic carbocycles. The number of rotatable bonds is 7. The topological polar surface area (TPSA) is 73.3 Å². The highest BCUT2D eigenvalue weighted by Crippen LogP contribution is 2.28. The molecular formula is C18H21N3O3S. The Bertz CT molecular complexity index is 703. The van der Waals surface area contributed by atoms with Crippen molar-refractivity contribution in [2.24, 2.45) is 0 Å². The van der Waals surface area contributed by atoms with Crippen LogP contribution in [0.3, 0.4) is 0 Å². The van der Waals surface area contributed by atoms with E-state index in [-0.39, 0.29) is 12.0 Å². The molecule has 7 heteroatoms. The Morgan fingerprint density at radius 3 is 2.92 bits per heavy atom. The first kappa shape index (κ1) is 17.7. The van der Waals surface area contributed by atoms with Crippen molar-refractivity contribution in [3.05, 3.63) is 36.4 Å². The van der Waals surface area contributed by atoms with Crippen LogP contribution in [-0.4, -0.2) is 48.2 Å². The SMILES string of the molecule is COc1ccccc1-c1ccc(SCC(=O)NCC2CCCO2)nn1. The number of carbonyl (C=O) groups excluding carboxylic acids is 1. The molecule has 0 saturated carbocycles. The molecule has 6 nitrogen and oxygen atoms in total. The Hall–Kier alpha value is -2.12. The summed E-state index contributed by atoms with van der Waals surface area (Å²) in [5, 5.41) is 12.0. The fourth-order valence-corrected chi connectivity index (χ4v) is 3.26. The fourth-order valence-electron chi connectivity index (χ4n) is 2.62. The number of thioether (sulfide) groups is 1. The van der Waals surface area contributed by atoms with Crippen molar-refractivity contribution in [1.82, 2.24) is 15.5 Å². The van der Waals surface area contributed by atoms with Crippen LogP contribution in [0.15, 0.2) is 41.4 Å². The van der Waals surface area contributed by atoms with E-state index in [2.05, 4.69) is 15.5 Å². The molecule has 3 rings (SSSR count). The quantitative estimate of drug-likeness (QED) is 0.766. The van der Waals surface area contributed by atoms with E-state index in [9.17, 15) is 4.79 Å². The predicted molar refractivity (Wildman–Crippen MR) is 96.7 cm³/mol. The molecule has 0 radical (unpaired) electrons. The van der Waals surface area contributed by atoms with E-state index in [0.717, 1.165) is 36.5 Å². The molecule has 1 atom stereocenters. The van der Waals surface area contributed by atoms with Gasteiger partial charge in [-0.15, -0.1) is 10.2 Å². The van der Waals surface area contributed by atoms with Crippen molar-refractivity contribution in [2.45, 2.75) is 24.0 Å². The Kier molecular flexibility index (Phi) is 6.25. The number of ether oxygens (including phenoxy) is 2. The second-order valence-corrected chi connectivity index (χ2v) is 6.68. The van der Waals surface area contributed by atoms with Gasteiger partial charge in [0, 0.05) is 18.7 Å². The van der Waals surface area contributed by atoms with Crippen LogP contribution in [-0.2, 0) is 9.53 Å². The van der Waals surface area contributed by atoms with E-state index in [1.165, 1.54) is 11.8 Å². The van der Waals surface area contributed by atoms with Gasteiger partial charge in [0.05, 0.1) is 24.7 Å². The minimum absolute atomic E-state index is 0.0175. The third-order valence-electron chi connectivity index (χ3n) is 3.93. The molecule has 1 aliphatic heterocycles. The standard InChI is InChI=1S/C18H21N3O3S/c1-23-16-7-3-2-6-14(16)15-8-9-18(21-20-15)25-12-17(22)19-11-13-5-4-10-24-13/h2-3,6-9,13H,4-5,10-12H2,1H3,(H,19,22). The summed E-state index contributed by atoms with van der Waals surface area (Å²) in [4.78, 5) is 11.9. The highest BCUT2D eigenvalue weighted by molar-refractivity contribution is 7.99. The van der Waals surface area contributed by atoms with Crippen molar-refractivity contribution in [2.75, 3.05) is 26.0 Å². The Labute approximate surface area is 151 Å². The van der Waals surface area contributed by atoms with Gasteiger partial charge in [0.25, 0.3) is 0 Å². The van der Waals surface area contributed by atoms with Crippen molar-refractivity contribution in [3.63, 3.8) is 0 Å². The molecule has 132 valence electrons. The number of nitrogens with zero attached hydrogens (tertiary/aromatic N) is 2. The molecule has 0 aliphatic carbocycles. The summed E-state index contributed by atoms with van der Waals surface area (Å²) in [6.45, 7) is 1.38. The zero-order chi connectivity index (χ0) is 17.5. The molecule has 25 heavy (non-hydrogen) atoms. The molecule has 2 heterocycles. The number of para-hydroxylation sites is 1. The lowest BCUT2D eigenvalue weighted by atomic mass is 10.1. The zero-order valence-electron chi connectivity index (χ0n) is 14.1. The maximum atomic E-state index is 11.9. The number of benzene rings is 1. The third-order valence-corrected chi connectivity index (χ3v) is 4.85. The molecular weight excluding hydrogens is 338 g/mol. The largest absolute Gasteiger partial charge is 0.496 e. The Morgan fingerprint density at radius 1 is 1.32 bits per heavy atom. The van der Waals surface area contributed by atoms with Gasteiger partial charge in [-0.1, -0.05) is 23.9 Å². The summed E-state index contributed by atoms with van der Waals surface area (Å²) in [7, 11) is 1.63. The fraction of sp³-hybridized carbons (Fsp3) is 0.389. The molecule has 0 bridgehead atoms. The average molecular weight is 359 g/mol. The summed E-state index contributed by atoms with van der Waals surface area (Å²) in [5.74, 6) is 1.05. The minimum atomic E-state index is -0.0175. The van der Waals surface area contributed by atoms with Crippen LogP contribution >= 0.6 is 11.8 Å². The highest BCUT2D eigenvalue weighted by Gasteiger charge is 2.16. The van der Waals surface area contributed by atoms with Crippen LogP contribution < -0.4 is 10.1 Å². The molecule has 0 spiro atoms. The van der Waals surface area contributed by atoms with E-state index in [0.29, 0.717) is 17.3 Å². The lowest BCUT2D eigenvalue weighted by Crippen LogP contribution is -2.32. The van der Waals surface area contributed by atoms with Crippen molar-refractivity contribution in [1.29, 1.82) is 0 Å². The van der Waals surface area contributed by atoms with Gasteiger partial charge in [0.1, 0.15) is 10.8 Å². The number of methoxy groups -OCH3 is 1. The number of carbonyl (C=O) groups is 1. The van der Waals surface area contributed by atoms with E-state index in [1.807, 2.05) is 36.4 Å². The molecule has 1 unspecified atom stereocenters. The maximum absolute atomic E-state index is 11.9. The van der Waals surface area contributed by atoms with Gasteiger partial charge in [0.15, 0.2) is 0 Å². The second kappa shape index (κ2) is 8.82. The number of aromatic nitrogens is 2. The second-order valence-electron chi connectivity index (χ2n) is 5.68. The van der Waals surface area contributed by atoms with E-state index in [4.69, 9.17) is 9.47 Å². The van der Waals surface area contributed by atoms with Crippen LogP contribution in [0.1, 0.15) is 12.8 Å². The summed E-state index contributed by atoms with van der Waals surface area (Å²) < 4.78 is 10.8.